The standard InChI is InChI=1S/C31H23F2N3O6/c1-17-26(35-31(39)40-18(2)19-7-4-3-5-8-19)28(42-36-17)21-12-10-20(11-13-21)22-15-23(32)29(24(33)16-22)41-25-9-6-14-34-27(25)30(37)38/h3-16,18H,1-2H3,(H,35,39)(H,37,38). The molecule has 1 amide bonds. The van der Waals surface area contributed by atoms with Gasteiger partial charge in [-0.3, -0.25) is 5.32 Å². The van der Waals surface area contributed by atoms with Crippen molar-refractivity contribution in [2.75, 3.05) is 5.32 Å². The zero-order valence-electron chi connectivity index (χ0n) is 22.3. The number of hydrogen-bond acceptors (Lipinski definition) is 7. The normalized spacial score (nSPS) is 11.5. The number of nitrogens with zero attached hydrogens (tertiary/aromatic N) is 2. The second kappa shape index (κ2) is 11.9. The molecule has 0 aliphatic heterocycles. The second-order valence-corrected chi connectivity index (χ2v) is 9.16. The summed E-state index contributed by atoms with van der Waals surface area (Å²) in [6, 6.07) is 20.6. The van der Waals surface area contributed by atoms with Crippen molar-refractivity contribution < 1.29 is 37.5 Å². The van der Waals surface area contributed by atoms with Crippen LogP contribution in [0.3, 0.4) is 0 Å². The number of amides is 1. The van der Waals surface area contributed by atoms with E-state index in [0.29, 0.717) is 22.5 Å². The molecule has 9 nitrogen and oxygen atoms in total. The topological polar surface area (TPSA) is 124 Å². The first-order valence-corrected chi connectivity index (χ1v) is 12.7. The molecule has 0 aliphatic carbocycles. The van der Waals surface area contributed by atoms with Crippen molar-refractivity contribution in [2.24, 2.45) is 0 Å². The summed E-state index contributed by atoms with van der Waals surface area (Å²) in [6.07, 6.45) is 0.0494. The van der Waals surface area contributed by atoms with Gasteiger partial charge in [0.2, 0.25) is 0 Å². The Labute approximate surface area is 238 Å². The molecule has 5 aromatic rings. The lowest BCUT2D eigenvalue weighted by Crippen LogP contribution is -2.16. The van der Waals surface area contributed by atoms with Crippen LogP contribution in [0.5, 0.6) is 11.5 Å². The van der Waals surface area contributed by atoms with E-state index in [4.69, 9.17) is 14.0 Å². The van der Waals surface area contributed by atoms with E-state index in [1.807, 2.05) is 30.3 Å². The molecule has 1 unspecified atom stereocenters. The van der Waals surface area contributed by atoms with Gasteiger partial charge in [-0.25, -0.2) is 23.4 Å². The van der Waals surface area contributed by atoms with Gasteiger partial charge in [0, 0.05) is 11.8 Å². The smallest absolute Gasteiger partial charge is 0.412 e. The Morgan fingerprint density at radius 2 is 1.60 bits per heavy atom. The van der Waals surface area contributed by atoms with E-state index in [0.717, 1.165) is 17.7 Å². The van der Waals surface area contributed by atoms with E-state index >= 15 is 0 Å². The van der Waals surface area contributed by atoms with Gasteiger partial charge in [-0.15, -0.1) is 0 Å². The molecule has 11 heteroatoms. The minimum Gasteiger partial charge on any atom is -0.476 e. The summed E-state index contributed by atoms with van der Waals surface area (Å²) >= 11 is 0. The Kier molecular flexibility index (Phi) is 7.91. The van der Waals surface area contributed by atoms with Crippen LogP contribution in [-0.2, 0) is 4.74 Å². The molecule has 5 rings (SSSR count). The molecule has 0 aliphatic rings. The summed E-state index contributed by atoms with van der Waals surface area (Å²) in [5.41, 5.74) is 2.33. The molecule has 0 spiro atoms. The van der Waals surface area contributed by atoms with Gasteiger partial charge < -0.3 is 19.1 Å². The predicted octanol–water partition coefficient (Wildman–Crippen LogP) is 7.79. The largest absolute Gasteiger partial charge is 0.476 e. The minimum absolute atomic E-state index is 0.208. The van der Waals surface area contributed by atoms with E-state index < -0.39 is 41.2 Å². The molecule has 2 heterocycles. The number of carbonyl (C=O) groups excluding carboxylic acids is 1. The van der Waals surface area contributed by atoms with Crippen molar-refractivity contribution in [3.63, 3.8) is 0 Å². The lowest BCUT2D eigenvalue weighted by Gasteiger charge is -2.14. The fourth-order valence-corrected chi connectivity index (χ4v) is 4.18. The van der Waals surface area contributed by atoms with Crippen molar-refractivity contribution >= 4 is 17.7 Å². The van der Waals surface area contributed by atoms with Crippen LogP contribution in [-0.4, -0.2) is 27.3 Å². The number of nitrogens with one attached hydrogen (secondary N) is 1. The maximum atomic E-state index is 14.9. The number of aryl methyl sites for hydroxylation is 1. The molecular formula is C31H23F2N3O6. The maximum absolute atomic E-state index is 14.9. The fourth-order valence-electron chi connectivity index (χ4n) is 4.18. The van der Waals surface area contributed by atoms with Gasteiger partial charge in [0.15, 0.2) is 34.6 Å². The number of carbonyl (C=O) groups is 2. The van der Waals surface area contributed by atoms with Crippen LogP contribution in [0.1, 0.15) is 34.8 Å². The minimum atomic E-state index is -1.40. The lowest BCUT2D eigenvalue weighted by atomic mass is 10.0. The molecule has 3 aromatic carbocycles. The summed E-state index contributed by atoms with van der Waals surface area (Å²) in [6.45, 7) is 3.42. The van der Waals surface area contributed by atoms with Crippen LogP contribution >= 0.6 is 0 Å². The number of aromatic carboxylic acids is 1. The number of carboxylic acids is 1. The molecule has 0 saturated carbocycles. The summed E-state index contributed by atoms with van der Waals surface area (Å²) in [7, 11) is 0. The number of ether oxygens (including phenoxy) is 2. The number of halogens is 2. The quantitative estimate of drug-likeness (QED) is 0.193. The van der Waals surface area contributed by atoms with Crippen LogP contribution in [0, 0.1) is 18.6 Å². The molecule has 0 radical (unpaired) electrons. The summed E-state index contributed by atoms with van der Waals surface area (Å²) in [5, 5.41) is 15.9. The van der Waals surface area contributed by atoms with E-state index in [1.165, 1.54) is 18.3 Å². The first-order valence-electron chi connectivity index (χ1n) is 12.7. The molecule has 0 fully saturated rings. The van der Waals surface area contributed by atoms with Crippen LogP contribution in [0.25, 0.3) is 22.5 Å². The third-order valence-corrected chi connectivity index (χ3v) is 6.31. The van der Waals surface area contributed by atoms with Gasteiger partial charge in [0.05, 0.1) is 0 Å². The molecule has 212 valence electrons. The van der Waals surface area contributed by atoms with Gasteiger partial charge in [0.25, 0.3) is 0 Å². The van der Waals surface area contributed by atoms with Gasteiger partial charge in [-0.1, -0.05) is 59.8 Å². The third-order valence-electron chi connectivity index (χ3n) is 6.31. The average molecular weight is 572 g/mol. The van der Waals surface area contributed by atoms with Gasteiger partial charge in [0.1, 0.15) is 17.5 Å². The molecule has 0 saturated heterocycles. The molecule has 1 atom stereocenters. The monoisotopic (exact) mass is 571 g/mol. The Bertz CT molecular complexity index is 1730. The average Bonchev–Trinajstić information content (AvgIpc) is 3.34. The van der Waals surface area contributed by atoms with Gasteiger partial charge in [-0.2, -0.15) is 0 Å². The number of benzene rings is 3. The number of aromatic nitrogens is 2. The molecule has 2 N–H and O–H groups in total. The number of anilines is 1. The van der Waals surface area contributed by atoms with Crippen molar-refractivity contribution in [3.05, 3.63) is 114 Å². The lowest BCUT2D eigenvalue weighted by molar-refractivity contribution is 0.0687. The summed E-state index contributed by atoms with van der Waals surface area (Å²) < 4.78 is 46.0. The van der Waals surface area contributed by atoms with E-state index in [-0.39, 0.29) is 17.1 Å². The third kappa shape index (κ3) is 5.94. The van der Waals surface area contributed by atoms with Crippen molar-refractivity contribution in [2.45, 2.75) is 20.0 Å². The first kappa shape index (κ1) is 28.0. The molecule has 0 bridgehead atoms. The van der Waals surface area contributed by atoms with E-state index in [2.05, 4.69) is 15.5 Å². The Balaban J connectivity index is 1.34. The van der Waals surface area contributed by atoms with E-state index in [9.17, 15) is 23.5 Å². The number of pyridine rings is 1. The number of hydrogen-bond donors (Lipinski definition) is 2. The highest BCUT2D eigenvalue weighted by atomic mass is 19.1. The van der Waals surface area contributed by atoms with Crippen molar-refractivity contribution in [1.29, 1.82) is 0 Å². The van der Waals surface area contributed by atoms with Crippen LogP contribution < -0.4 is 10.1 Å². The highest BCUT2D eigenvalue weighted by molar-refractivity contribution is 5.91. The van der Waals surface area contributed by atoms with Crippen LogP contribution in [0.4, 0.5) is 19.3 Å². The Morgan fingerprint density at radius 1 is 0.929 bits per heavy atom. The SMILES string of the molecule is Cc1noc(-c2ccc(-c3cc(F)c(Oc4cccnc4C(=O)O)c(F)c3)cc2)c1NC(=O)OC(C)c1ccccc1. The first-order chi connectivity index (χ1) is 20.2. The second-order valence-electron chi connectivity index (χ2n) is 9.16. The fraction of sp³-hybridized carbons (Fsp3) is 0.0968. The summed E-state index contributed by atoms with van der Waals surface area (Å²) in [4.78, 5) is 27.6. The van der Waals surface area contributed by atoms with Crippen molar-refractivity contribution in [1.82, 2.24) is 10.1 Å². The van der Waals surface area contributed by atoms with Crippen LogP contribution in [0.2, 0.25) is 0 Å². The zero-order chi connectivity index (χ0) is 29.8. The number of rotatable bonds is 8. The molecule has 2 aromatic heterocycles. The highest BCUT2D eigenvalue weighted by Gasteiger charge is 2.21. The number of carboxylic acid groups (broad SMARTS) is 1. The Hall–Kier alpha value is -5.58. The van der Waals surface area contributed by atoms with Crippen molar-refractivity contribution in [3.8, 4) is 33.9 Å². The van der Waals surface area contributed by atoms with Crippen LogP contribution in [0.15, 0.2) is 89.6 Å². The summed E-state index contributed by atoms with van der Waals surface area (Å²) in [5.74, 6) is -4.25. The van der Waals surface area contributed by atoms with Gasteiger partial charge >= 0.3 is 12.1 Å². The predicted molar refractivity (Wildman–Crippen MR) is 148 cm³/mol. The molecular weight excluding hydrogens is 548 g/mol. The zero-order valence-corrected chi connectivity index (χ0v) is 22.3. The Morgan fingerprint density at radius 3 is 2.26 bits per heavy atom. The van der Waals surface area contributed by atoms with Gasteiger partial charge in [-0.05, 0) is 54.8 Å². The van der Waals surface area contributed by atoms with E-state index in [1.54, 1.807) is 38.1 Å². The maximum Gasteiger partial charge on any atom is 0.412 e. The molecule has 42 heavy (non-hydrogen) atoms. The highest BCUT2D eigenvalue weighted by Crippen LogP contribution is 2.36.